The molecule has 1 aromatic carbocycles. The molecule has 0 unspecified atom stereocenters. The number of nitrogens with zero attached hydrogens (tertiary/aromatic N) is 5. The zero-order valence-corrected chi connectivity index (χ0v) is 19.8. The summed E-state index contributed by atoms with van der Waals surface area (Å²) >= 11 is 11.9. The molecule has 0 atom stereocenters. The first-order valence-corrected chi connectivity index (χ1v) is 10.8. The van der Waals surface area contributed by atoms with E-state index in [2.05, 4.69) is 20.5 Å². The molecule has 0 saturated carbocycles. The molecule has 0 fully saturated rings. The Kier molecular flexibility index (Phi) is 6.07. The highest BCUT2D eigenvalue weighted by Crippen LogP contribution is 2.32. The molecule has 34 heavy (non-hydrogen) atoms. The fourth-order valence-electron chi connectivity index (χ4n) is 3.21. The number of carbonyl (C=O) groups is 1. The van der Waals surface area contributed by atoms with Gasteiger partial charge in [0.05, 0.1) is 34.2 Å². The van der Waals surface area contributed by atoms with Crippen molar-refractivity contribution in [2.24, 2.45) is 0 Å². The minimum Gasteiger partial charge on any atom is -0.318 e. The second kappa shape index (κ2) is 8.59. The molecular formula is C22H19Cl2F3N6O. The van der Waals surface area contributed by atoms with Gasteiger partial charge < -0.3 is 5.32 Å². The van der Waals surface area contributed by atoms with Crippen molar-refractivity contribution in [1.82, 2.24) is 24.4 Å². The van der Waals surface area contributed by atoms with E-state index in [9.17, 15) is 18.0 Å². The average molecular weight is 511 g/mol. The van der Waals surface area contributed by atoms with Crippen LogP contribution in [-0.4, -0.2) is 30.3 Å². The van der Waals surface area contributed by atoms with E-state index in [0.717, 1.165) is 11.6 Å². The topological polar surface area (TPSA) is 77.1 Å². The van der Waals surface area contributed by atoms with Gasteiger partial charge in [0.2, 0.25) is 0 Å². The molecule has 7 nitrogen and oxygen atoms in total. The van der Waals surface area contributed by atoms with Gasteiger partial charge in [-0.05, 0) is 23.8 Å². The van der Waals surface area contributed by atoms with E-state index in [1.807, 2.05) is 0 Å². The van der Waals surface area contributed by atoms with Crippen molar-refractivity contribution in [2.75, 3.05) is 5.32 Å². The predicted octanol–water partition coefficient (Wildman–Crippen LogP) is 5.85. The fourth-order valence-corrected chi connectivity index (χ4v) is 3.53. The monoisotopic (exact) mass is 510 g/mol. The molecule has 0 saturated heterocycles. The number of anilines is 1. The lowest BCUT2D eigenvalue weighted by molar-refractivity contribution is -0.142. The quantitative estimate of drug-likeness (QED) is 0.373. The number of benzene rings is 1. The SMILES string of the molecule is CC(C)(C)c1cc(C(F)(F)F)n2nc(C(=O)Nc3cnn(Cc4ccc(Cl)c(Cl)c4)c3)cc2n1. The van der Waals surface area contributed by atoms with E-state index >= 15 is 0 Å². The molecule has 1 amide bonds. The summed E-state index contributed by atoms with van der Waals surface area (Å²) in [4.78, 5) is 17.0. The lowest BCUT2D eigenvalue weighted by Crippen LogP contribution is -2.20. The van der Waals surface area contributed by atoms with Gasteiger partial charge in [-0.3, -0.25) is 9.48 Å². The van der Waals surface area contributed by atoms with Crippen LogP contribution in [0.4, 0.5) is 18.9 Å². The Labute approximate surface area is 202 Å². The fraction of sp³-hybridized carbons (Fsp3) is 0.273. The molecule has 0 bridgehead atoms. The summed E-state index contributed by atoms with van der Waals surface area (Å²) in [5.74, 6) is -0.690. The van der Waals surface area contributed by atoms with Gasteiger partial charge >= 0.3 is 6.18 Å². The summed E-state index contributed by atoms with van der Waals surface area (Å²) in [6.45, 7) is 5.64. The van der Waals surface area contributed by atoms with Gasteiger partial charge in [0.1, 0.15) is 5.69 Å². The molecule has 0 aliphatic heterocycles. The number of rotatable bonds is 4. The van der Waals surface area contributed by atoms with Crippen molar-refractivity contribution < 1.29 is 18.0 Å². The molecule has 178 valence electrons. The maximum atomic E-state index is 13.7. The Morgan fingerprint density at radius 2 is 1.82 bits per heavy atom. The Morgan fingerprint density at radius 1 is 1.09 bits per heavy atom. The molecular weight excluding hydrogens is 492 g/mol. The van der Waals surface area contributed by atoms with Crippen LogP contribution >= 0.6 is 23.2 Å². The summed E-state index contributed by atoms with van der Waals surface area (Å²) in [6, 6.07) is 7.34. The third-order valence-electron chi connectivity index (χ3n) is 4.94. The second-order valence-electron chi connectivity index (χ2n) is 8.70. The number of amides is 1. The average Bonchev–Trinajstić information content (AvgIpc) is 3.35. The van der Waals surface area contributed by atoms with E-state index in [1.165, 1.54) is 12.3 Å². The number of alkyl halides is 3. The number of aromatic nitrogens is 5. The molecule has 3 heterocycles. The first-order valence-electron chi connectivity index (χ1n) is 10.1. The van der Waals surface area contributed by atoms with Crippen LogP contribution in [-0.2, 0) is 18.1 Å². The summed E-state index contributed by atoms with van der Waals surface area (Å²) in [6.07, 6.45) is -1.68. The Hall–Kier alpha value is -3.11. The zero-order chi connectivity index (χ0) is 24.8. The van der Waals surface area contributed by atoms with Crippen LogP contribution in [0, 0.1) is 0 Å². The number of fused-ring (bicyclic) bond motifs is 1. The highest BCUT2D eigenvalue weighted by Gasteiger charge is 2.36. The number of hydrogen-bond donors (Lipinski definition) is 1. The molecule has 0 spiro atoms. The Balaban J connectivity index is 1.58. The number of hydrogen-bond acceptors (Lipinski definition) is 4. The normalized spacial score (nSPS) is 12.4. The van der Waals surface area contributed by atoms with Gasteiger partial charge in [-0.1, -0.05) is 50.0 Å². The second-order valence-corrected chi connectivity index (χ2v) is 9.52. The van der Waals surface area contributed by atoms with Gasteiger partial charge in [0.15, 0.2) is 11.3 Å². The molecule has 4 rings (SSSR count). The van der Waals surface area contributed by atoms with Gasteiger partial charge in [0, 0.05) is 17.7 Å². The summed E-state index contributed by atoms with van der Waals surface area (Å²) in [5.41, 5.74) is -0.477. The van der Waals surface area contributed by atoms with E-state index < -0.39 is 23.2 Å². The van der Waals surface area contributed by atoms with Crippen LogP contribution in [0.5, 0.6) is 0 Å². The van der Waals surface area contributed by atoms with Gasteiger partial charge in [0.25, 0.3) is 5.91 Å². The van der Waals surface area contributed by atoms with Crippen molar-refractivity contribution in [1.29, 1.82) is 0 Å². The van der Waals surface area contributed by atoms with E-state index in [0.29, 0.717) is 26.8 Å². The first kappa shape index (κ1) is 24.0. The van der Waals surface area contributed by atoms with Crippen LogP contribution in [0.2, 0.25) is 10.0 Å². The Morgan fingerprint density at radius 3 is 2.47 bits per heavy atom. The van der Waals surface area contributed by atoms with Crippen LogP contribution < -0.4 is 5.32 Å². The minimum atomic E-state index is -4.67. The molecule has 0 aliphatic carbocycles. The molecule has 4 aromatic rings. The highest BCUT2D eigenvalue weighted by molar-refractivity contribution is 6.42. The third kappa shape index (κ3) is 5.02. The summed E-state index contributed by atoms with van der Waals surface area (Å²) < 4.78 is 43.2. The lowest BCUT2D eigenvalue weighted by Gasteiger charge is -2.19. The van der Waals surface area contributed by atoms with Gasteiger partial charge in [-0.2, -0.15) is 23.4 Å². The summed E-state index contributed by atoms with van der Waals surface area (Å²) in [7, 11) is 0. The number of carbonyl (C=O) groups excluding carboxylic acids is 1. The zero-order valence-electron chi connectivity index (χ0n) is 18.3. The van der Waals surface area contributed by atoms with Crippen molar-refractivity contribution in [2.45, 2.75) is 38.9 Å². The number of halogens is 5. The van der Waals surface area contributed by atoms with Gasteiger partial charge in [-0.25, -0.2) is 9.50 Å². The molecule has 0 aliphatic rings. The van der Waals surface area contributed by atoms with Gasteiger partial charge in [-0.15, -0.1) is 0 Å². The third-order valence-corrected chi connectivity index (χ3v) is 5.68. The Bertz CT molecular complexity index is 1390. The summed E-state index contributed by atoms with van der Waals surface area (Å²) in [5, 5.41) is 11.5. The predicted molar refractivity (Wildman–Crippen MR) is 122 cm³/mol. The molecule has 3 aromatic heterocycles. The smallest absolute Gasteiger partial charge is 0.318 e. The highest BCUT2D eigenvalue weighted by atomic mass is 35.5. The van der Waals surface area contributed by atoms with Crippen molar-refractivity contribution in [3.63, 3.8) is 0 Å². The van der Waals surface area contributed by atoms with Crippen LogP contribution in [0.3, 0.4) is 0 Å². The molecule has 12 heteroatoms. The largest absolute Gasteiger partial charge is 0.433 e. The first-order chi connectivity index (χ1) is 15.8. The van der Waals surface area contributed by atoms with Crippen LogP contribution in [0.25, 0.3) is 5.65 Å². The van der Waals surface area contributed by atoms with Crippen molar-refractivity contribution in [3.8, 4) is 0 Å². The van der Waals surface area contributed by atoms with Crippen molar-refractivity contribution in [3.05, 3.63) is 75.4 Å². The van der Waals surface area contributed by atoms with Crippen molar-refractivity contribution >= 4 is 40.4 Å². The standard InChI is InChI=1S/C22H19Cl2F3N6O/c1-21(2,3)17-8-18(22(25,26)27)33-19(30-17)7-16(31-33)20(34)29-13-9-28-32(11-13)10-12-4-5-14(23)15(24)6-12/h4-9,11H,10H2,1-3H3,(H,29,34). The van der Waals surface area contributed by atoms with E-state index in [4.69, 9.17) is 23.2 Å². The van der Waals surface area contributed by atoms with E-state index in [-0.39, 0.29) is 17.0 Å². The number of nitrogens with one attached hydrogen (secondary N) is 1. The maximum Gasteiger partial charge on any atom is 0.433 e. The lowest BCUT2D eigenvalue weighted by atomic mass is 9.91. The minimum absolute atomic E-state index is 0.0692. The maximum absolute atomic E-state index is 13.7. The van der Waals surface area contributed by atoms with Crippen LogP contribution in [0.15, 0.2) is 42.7 Å². The molecule has 0 radical (unpaired) electrons. The van der Waals surface area contributed by atoms with E-state index in [1.54, 1.807) is 49.8 Å². The van der Waals surface area contributed by atoms with Crippen LogP contribution in [0.1, 0.15) is 48.2 Å². The molecule has 1 N–H and O–H groups in total.